The van der Waals surface area contributed by atoms with Gasteiger partial charge in [-0.15, -0.1) is 0 Å². The van der Waals surface area contributed by atoms with E-state index in [0.717, 1.165) is 23.8 Å². The first-order valence-corrected chi connectivity index (χ1v) is 6.77. The van der Waals surface area contributed by atoms with Crippen molar-refractivity contribution < 1.29 is 4.42 Å². The molecule has 0 aromatic carbocycles. The van der Waals surface area contributed by atoms with Gasteiger partial charge in [0, 0.05) is 11.8 Å². The Morgan fingerprint density at radius 2 is 2.27 bits per heavy atom. The van der Waals surface area contributed by atoms with Crippen molar-refractivity contribution in [1.82, 2.24) is 5.32 Å². The van der Waals surface area contributed by atoms with E-state index in [0.29, 0.717) is 6.04 Å². The van der Waals surface area contributed by atoms with Gasteiger partial charge >= 0.3 is 0 Å². The number of nitrogens with one attached hydrogen (secondary N) is 1. The van der Waals surface area contributed by atoms with Crippen LogP contribution in [0.15, 0.2) is 16.7 Å². The predicted octanol–water partition coefficient (Wildman–Crippen LogP) is 3.21. The highest BCUT2D eigenvalue weighted by Gasteiger charge is 2.06. The van der Waals surface area contributed by atoms with Gasteiger partial charge in [0.2, 0.25) is 0 Å². The van der Waals surface area contributed by atoms with E-state index >= 15 is 0 Å². The lowest BCUT2D eigenvalue weighted by Gasteiger charge is -2.14. The average Bonchev–Trinajstić information content (AvgIpc) is 2.63. The van der Waals surface area contributed by atoms with E-state index < -0.39 is 0 Å². The number of thioether (sulfide) groups is 1. The van der Waals surface area contributed by atoms with E-state index in [2.05, 4.69) is 26.1 Å². The second-order valence-electron chi connectivity index (χ2n) is 3.70. The summed E-state index contributed by atoms with van der Waals surface area (Å²) >= 11 is 1.94. The van der Waals surface area contributed by atoms with Gasteiger partial charge < -0.3 is 9.73 Å². The Hall–Kier alpha value is -0.410. The third-order valence-electron chi connectivity index (χ3n) is 2.51. The number of hydrogen-bond acceptors (Lipinski definition) is 3. The van der Waals surface area contributed by atoms with Gasteiger partial charge in [-0.25, -0.2) is 0 Å². The number of aryl methyl sites for hydroxylation is 1. The molecular weight excluding hydrogens is 206 g/mol. The summed E-state index contributed by atoms with van der Waals surface area (Å²) in [6.45, 7) is 7.54. The molecule has 0 spiro atoms. The fourth-order valence-electron chi connectivity index (χ4n) is 1.46. The largest absolute Gasteiger partial charge is 0.468 e. The maximum Gasteiger partial charge on any atom is 0.116 e. The van der Waals surface area contributed by atoms with Gasteiger partial charge in [0.15, 0.2) is 0 Å². The fourth-order valence-corrected chi connectivity index (χ4v) is 2.69. The Bertz CT molecular complexity index is 272. The Morgan fingerprint density at radius 1 is 1.47 bits per heavy atom. The molecule has 3 heteroatoms. The third-order valence-corrected chi connectivity index (χ3v) is 3.61. The Labute approximate surface area is 96.8 Å². The highest BCUT2D eigenvalue weighted by molar-refractivity contribution is 7.98. The van der Waals surface area contributed by atoms with Crippen LogP contribution in [-0.4, -0.2) is 18.3 Å². The molecule has 1 atom stereocenters. The van der Waals surface area contributed by atoms with Crippen LogP contribution in [0.4, 0.5) is 0 Å². The zero-order valence-electron chi connectivity index (χ0n) is 9.88. The summed E-state index contributed by atoms with van der Waals surface area (Å²) in [5.74, 6) is 3.26. The first-order valence-electron chi connectivity index (χ1n) is 5.62. The zero-order chi connectivity index (χ0) is 11.1. The molecule has 1 N–H and O–H groups in total. The van der Waals surface area contributed by atoms with Crippen LogP contribution >= 0.6 is 11.8 Å². The number of furan rings is 1. The van der Waals surface area contributed by atoms with Crippen molar-refractivity contribution in [3.05, 3.63) is 23.7 Å². The normalized spacial score (nSPS) is 13.0. The molecule has 0 aliphatic carbocycles. The standard InChI is InChI=1S/C12H21NOS/c1-4-11(13-5-2)8-15-9-12-10(3)6-7-14-12/h6-7,11,13H,4-5,8-9H2,1-3H3. The molecule has 1 aromatic rings. The van der Waals surface area contributed by atoms with Gasteiger partial charge in [-0.3, -0.25) is 0 Å². The van der Waals surface area contributed by atoms with Crippen LogP contribution in [0.3, 0.4) is 0 Å². The van der Waals surface area contributed by atoms with E-state index in [1.54, 1.807) is 6.26 Å². The van der Waals surface area contributed by atoms with E-state index in [9.17, 15) is 0 Å². The van der Waals surface area contributed by atoms with Gasteiger partial charge in [0.25, 0.3) is 0 Å². The summed E-state index contributed by atoms with van der Waals surface area (Å²) in [7, 11) is 0. The maximum atomic E-state index is 5.40. The molecule has 0 aliphatic heterocycles. The molecule has 0 fully saturated rings. The molecule has 0 amide bonds. The molecule has 1 unspecified atom stereocenters. The summed E-state index contributed by atoms with van der Waals surface area (Å²) in [4.78, 5) is 0. The summed E-state index contributed by atoms with van der Waals surface area (Å²) in [6, 6.07) is 2.66. The van der Waals surface area contributed by atoms with Gasteiger partial charge in [-0.2, -0.15) is 11.8 Å². The molecule has 1 heterocycles. The van der Waals surface area contributed by atoms with Crippen molar-refractivity contribution in [3.8, 4) is 0 Å². The lowest BCUT2D eigenvalue weighted by molar-refractivity contribution is 0.526. The van der Waals surface area contributed by atoms with E-state index in [1.807, 2.05) is 17.8 Å². The smallest absolute Gasteiger partial charge is 0.116 e. The molecule has 0 radical (unpaired) electrons. The van der Waals surface area contributed by atoms with Crippen LogP contribution in [0.2, 0.25) is 0 Å². The van der Waals surface area contributed by atoms with Crippen LogP contribution in [-0.2, 0) is 5.75 Å². The van der Waals surface area contributed by atoms with Crippen LogP contribution in [0.5, 0.6) is 0 Å². The zero-order valence-corrected chi connectivity index (χ0v) is 10.7. The highest BCUT2D eigenvalue weighted by atomic mass is 32.2. The molecule has 0 bridgehead atoms. The molecule has 0 saturated carbocycles. The molecule has 1 aromatic heterocycles. The van der Waals surface area contributed by atoms with Crippen molar-refractivity contribution in [1.29, 1.82) is 0 Å². The molecule has 2 nitrogen and oxygen atoms in total. The Balaban J connectivity index is 2.23. The Morgan fingerprint density at radius 3 is 2.80 bits per heavy atom. The molecule has 0 aliphatic rings. The number of rotatable bonds is 7. The number of hydrogen-bond donors (Lipinski definition) is 1. The van der Waals surface area contributed by atoms with Gasteiger partial charge in [0.05, 0.1) is 12.0 Å². The summed E-state index contributed by atoms with van der Waals surface area (Å²) in [5, 5.41) is 3.48. The summed E-state index contributed by atoms with van der Waals surface area (Å²) < 4.78 is 5.40. The third kappa shape index (κ3) is 4.31. The Kier molecular flexibility index (Phi) is 5.88. The summed E-state index contributed by atoms with van der Waals surface area (Å²) in [6.07, 6.45) is 2.96. The maximum absolute atomic E-state index is 5.40. The topological polar surface area (TPSA) is 25.2 Å². The minimum atomic E-state index is 0.635. The van der Waals surface area contributed by atoms with Gasteiger partial charge in [-0.05, 0) is 31.5 Å². The van der Waals surface area contributed by atoms with Gasteiger partial charge in [-0.1, -0.05) is 13.8 Å². The predicted molar refractivity (Wildman–Crippen MR) is 67.4 cm³/mol. The first-order chi connectivity index (χ1) is 7.27. The molecule has 15 heavy (non-hydrogen) atoms. The quantitative estimate of drug-likeness (QED) is 0.774. The minimum Gasteiger partial charge on any atom is -0.468 e. The second-order valence-corrected chi connectivity index (χ2v) is 4.74. The van der Waals surface area contributed by atoms with Crippen LogP contribution in [0.1, 0.15) is 31.6 Å². The van der Waals surface area contributed by atoms with Gasteiger partial charge in [0.1, 0.15) is 5.76 Å². The average molecular weight is 227 g/mol. The molecule has 1 rings (SSSR count). The van der Waals surface area contributed by atoms with Crippen LogP contribution < -0.4 is 5.32 Å². The fraction of sp³-hybridized carbons (Fsp3) is 0.667. The summed E-state index contributed by atoms with van der Waals surface area (Å²) in [5.41, 5.74) is 1.26. The van der Waals surface area contributed by atoms with E-state index in [1.165, 1.54) is 12.0 Å². The van der Waals surface area contributed by atoms with Crippen molar-refractivity contribution >= 4 is 11.8 Å². The first kappa shape index (κ1) is 12.7. The van der Waals surface area contributed by atoms with Crippen molar-refractivity contribution in [2.24, 2.45) is 0 Å². The van der Waals surface area contributed by atoms with Crippen molar-refractivity contribution in [3.63, 3.8) is 0 Å². The second kappa shape index (κ2) is 6.96. The minimum absolute atomic E-state index is 0.635. The lowest BCUT2D eigenvalue weighted by atomic mass is 10.2. The van der Waals surface area contributed by atoms with E-state index in [-0.39, 0.29) is 0 Å². The lowest BCUT2D eigenvalue weighted by Crippen LogP contribution is -2.30. The van der Waals surface area contributed by atoms with Crippen LogP contribution in [0.25, 0.3) is 0 Å². The van der Waals surface area contributed by atoms with Crippen molar-refractivity contribution in [2.45, 2.75) is 39.0 Å². The van der Waals surface area contributed by atoms with Crippen LogP contribution in [0, 0.1) is 6.92 Å². The monoisotopic (exact) mass is 227 g/mol. The SMILES string of the molecule is CCNC(CC)CSCc1occc1C. The molecular formula is C12H21NOS. The highest BCUT2D eigenvalue weighted by Crippen LogP contribution is 2.18. The van der Waals surface area contributed by atoms with E-state index in [4.69, 9.17) is 4.42 Å². The molecule has 0 saturated heterocycles. The molecule has 86 valence electrons. The van der Waals surface area contributed by atoms with Crippen molar-refractivity contribution in [2.75, 3.05) is 12.3 Å².